The smallest absolute Gasteiger partial charge is 0.311 e. The van der Waals surface area contributed by atoms with Gasteiger partial charge in [0.05, 0.1) is 19.6 Å². The van der Waals surface area contributed by atoms with E-state index in [1.807, 2.05) is 62.6 Å². The van der Waals surface area contributed by atoms with Crippen LogP contribution < -0.4 is 9.47 Å². The summed E-state index contributed by atoms with van der Waals surface area (Å²) in [5, 5.41) is 9.62. The van der Waals surface area contributed by atoms with E-state index in [0.29, 0.717) is 24.5 Å². The molecule has 0 aromatic heterocycles. The minimum atomic E-state index is -0.833. The van der Waals surface area contributed by atoms with Gasteiger partial charge >= 0.3 is 5.97 Å². The number of hydrogen-bond donors (Lipinski definition) is 1. The first kappa shape index (κ1) is 19.8. The van der Waals surface area contributed by atoms with Gasteiger partial charge in [-0.25, -0.2) is 0 Å². The normalized spacial score (nSPS) is 12.0. The van der Waals surface area contributed by atoms with E-state index < -0.39 is 11.9 Å². The molecule has 0 fully saturated rings. The van der Waals surface area contributed by atoms with Gasteiger partial charge in [-0.05, 0) is 50.2 Å². The Bertz CT molecular complexity index is 700. The average molecular weight is 357 g/mol. The Morgan fingerprint density at radius 2 is 1.85 bits per heavy atom. The Morgan fingerprint density at radius 3 is 2.46 bits per heavy atom. The highest BCUT2D eigenvalue weighted by atomic mass is 16.5. The molecule has 0 saturated carbocycles. The van der Waals surface area contributed by atoms with Crippen molar-refractivity contribution >= 4 is 5.97 Å². The molecule has 5 nitrogen and oxygen atoms in total. The summed E-state index contributed by atoms with van der Waals surface area (Å²) < 4.78 is 11.2. The Hall–Kier alpha value is -2.53. The van der Waals surface area contributed by atoms with Crippen molar-refractivity contribution in [3.63, 3.8) is 0 Å². The van der Waals surface area contributed by atoms with Gasteiger partial charge in [0.15, 0.2) is 11.5 Å². The van der Waals surface area contributed by atoms with Crippen molar-refractivity contribution in [3.05, 3.63) is 59.7 Å². The average Bonchev–Trinajstić information content (AvgIpc) is 2.63. The number of hydrogen-bond acceptors (Lipinski definition) is 4. The molecule has 0 saturated heterocycles. The molecule has 0 radical (unpaired) electrons. The summed E-state index contributed by atoms with van der Waals surface area (Å²) in [7, 11) is 5.65. The quantitative estimate of drug-likeness (QED) is 0.660. The maximum absolute atomic E-state index is 11.7. The molecule has 0 bridgehead atoms. The van der Waals surface area contributed by atoms with Gasteiger partial charge in [0.1, 0.15) is 0 Å². The van der Waals surface area contributed by atoms with Crippen LogP contribution >= 0.6 is 0 Å². The van der Waals surface area contributed by atoms with Crippen LogP contribution in [0.4, 0.5) is 0 Å². The summed E-state index contributed by atoms with van der Waals surface area (Å²) in [5.74, 6) is -0.113. The molecule has 0 aliphatic rings. The molecule has 1 N–H and O–H groups in total. The van der Waals surface area contributed by atoms with Gasteiger partial charge in [-0.15, -0.1) is 0 Å². The zero-order chi connectivity index (χ0) is 18.9. The van der Waals surface area contributed by atoms with Gasteiger partial charge in [0.25, 0.3) is 0 Å². The Kier molecular flexibility index (Phi) is 7.48. The van der Waals surface area contributed by atoms with Crippen molar-refractivity contribution in [3.8, 4) is 11.5 Å². The highest BCUT2D eigenvalue weighted by Crippen LogP contribution is 2.30. The van der Waals surface area contributed by atoms with Gasteiger partial charge in [-0.2, -0.15) is 0 Å². The van der Waals surface area contributed by atoms with Gasteiger partial charge < -0.3 is 19.5 Å². The highest BCUT2D eigenvalue weighted by Gasteiger charge is 2.21. The lowest BCUT2D eigenvalue weighted by molar-refractivity contribution is -0.138. The number of rotatable bonds is 10. The fraction of sp³-hybridized carbons (Fsp3) is 0.381. The molecule has 2 aromatic carbocycles. The largest absolute Gasteiger partial charge is 0.493 e. The van der Waals surface area contributed by atoms with Gasteiger partial charge in [0.2, 0.25) is 0 Å². The van der Waals surface area contributed by atoms with Crippen molar-refractivity contribution in [2.75, 3.05) is 34.4 Å². The molecule has 140 valence electrons. The van der Waals surface area contributed by atoms with Crippen molar-refractivity contribution in [1.82, 2.24) is 4.90 Å². The number of carboxylic acids is 1. The Morgan fingerprint density at radius 1 is 1.12 bits per heavy atom. The molecule has 26 heavy (non-hydrogen) atoms. The summed E-state index contributed by atoms with van der Waals surface area (Å²) in [6.07, 6.45) is 1.31. The maximum atomic E-state index is 11.7. The predicted molar refractivity (Wildman–Crippen MR) is 102 cm³/mol. The summed E-state index contributed by atoms with van der Waals surface area (Å²) in [4.78, 5) is 13.8. The van der Waals surface area contributed by atoms with Gasteiger partial charge in [0, 0.05) is 6.54 Å². The topological polar surface area (TPSA) is 59.0 Å². The second-order valence-electron chi connectivity index (χ2n) is 6.50. The minimum absolute atomic E-state index is 0.400. The molecular formula is C21H27NO4. The molecule has 5 heteroatoms. The molecule has 1 unspecified atom stereocenters. The van der Waals surface area contributed by atoms with Crippen LogP contribution in [0.5, 0.6) is 11.5 Å². The number of benzene rings is 2. The monoisotopic (exact) mass is 357 g/mol. The molecule has 1 atom stereocenters. The predicted octanol–water partition coefficient (Wildman–Crippen LogP) is 3.44. The van der Waals surface area contributed by atoms with Crippen molar-refractivity contribution < 1.29 is 19.4 Å². The summed E-state index contributed by atoms with van der Waals surface area (Å²) in [5.41, 5.74) is 1.70. The van der Waals surface area contributed by atoms with E-state index in [-0.39, 0.29) is 0 Å². The lowest BCUT2D eigenvalue weighted by atomic mass is 9.92. The van der Waals surface area contributed by atoms with Crippen LogP contribution in [0.1, 0.15) is 23.5 Å². The molecule has 2 aromatic rings. The zero-order valence-electron chi connectivity index (χ0n) is 15.6. The first-order valence-corrected chi connectivity index (χ1v) is 8.73. The zero-order valence-corrected chi connectivity index (χ0v) is 15.6. The number of methoxy groups -OCH3 is 1. The molecule has 0 heterocycles. The number of ether oxygens (including phenoxy) is 2. The highest BCUT2D eigenvalue weighted by molar-refractivity contribution is 5.76. The van der Waals surface area contributed by atoms with E-state index in [2.05, 4.69) is 4.90 Å². The minimum Gasteiger partial charge on any atom is -0.493 e. The number of carboxylic acid groups (broad SMARTS) is 1. The molecule has 0 spiro atoms. The van der Waals surface area contributed by atoms with Gasteiger partial charge in [-0.3, -0.25) is 4.79 Å². The second-order valence-corrected chi connectivity index (χ2v) is 6.50. The fourth-order valence-electron chi connectivity index (χ4n) is 2.79. The van der Waals surface area contributed by atoms with E-state index in [1.165, 1.54) is 0 Å². The third-order valence-corrected chi connectivity index (χ3v) is 4.18. The van der Waals surface area contributed by atoms with Crippen LogP contribution in [-0.2, 0) is 11.2 Å². The van der Waals surface area contributed by atoms with E-state index in [0.717, 1.165) is 24.1 Å². The molecule has 0 amide bonds. The second kappa shape index (κ2) is 9.82. The Balaban J connectivity index is 2.13. The summed E-state index contributed by atoms with van der Waals surface area (Å²) in [6, 6.07) is 14.9. The first-order valence-electron chi connectivity index (χ1n) is 8.73. The van der Waals surface area contributed by atoms with E-state index in [1.54, 1.807) is 7.11 Å². The van der Waals surface area contributed by atoms with E-state index in [4.69, 9.17) is 9.47 Å². The van der Waals surface area contributed by atoms with Crippen LogP contribution in [0.15, 0.2) is 48.5 Å². The van der Waals surface area contributed by atoms with Crippen LogP contribution in [0.3, 0.4) is 0 Å². The maximum Gasteiger partial charge on any atom is 0.311 e. The lowest BCUT2D eigenvalue weighted by Crippen LogP contribution is -2.16. The summed E-state index contributed by atoms with van der Waals surface area (Å²) >= 11 is 0. The third-order valence-electron chi connectivity index (χ3n) is 4.18. The van der Waals surface area contributed by atoms with Crippen LogP contribution in [-0.4, -0.2) is 50.3 Å². The molecule has 0 aliphatic carbocycles. The molecule has 2 rings (SSSR count). The number of nitrogens with zero attached hydrogens (tertiary/aromatic N) is 1. The fourth-order valence-corrected chi connectivity index (χ4v) is 2.79. The standard InChI is InChI=1S/C21H27NO4/c1-22(2)12-7-13-26-20-15-16(10-11-19(20)25-3)14-18(21(23)24)17-8-5-4-6-9-17/h4-6,8-11,15,18H,7,12-14H2,1-3H3,(H,23,24). The van der Waals surface area contributed by atoms with Gasteiger partial charge in [-0.1, -0.05) is 36.4 Å². The number of aliphatic carboxylic acids is 1. The summed E-state index contributed by atoms with van der Waals surface area (Å²) in [6.45, 7) is 1.52. The first-order chi connectivity index (χ1) is 12.5. The molecule has 0 aliphatic heterocycles. The van der Waals surface area contributed by atoms with Crippen molar-refractivity contribution in [2.45, 2.75) is 18.8 Å². The Labute approximate surface area is 155 Å². The van der Waals surface area contributed by atoms with Crippen LogP contribution in [0.2, 0.25) is 0 Å². The lowest BCUT2D eigenvalue weighted by Gasteiger charge is -2.16. The number of carbonyl (C=O) groups is 1. The van der Waals surface area contributed by atoms with Crippen molar-refractivity contribution in [1.29, 1.82) is 0 Å². The van der Waals surface area contributed by atoms with Crippen molar-refractivity contribution in [2.24, 2.45) is 0 Å². The van der Waals surface area contributed by atoms with E-state index in [9.17, 15) is 9.90 Å². The van der Waals surface area contributed by atoms with Crippen LogP contribution in [0.25, 0.3) is 0 Å². The molecular weight excluding hydrogens is 330 g/mol. The van der Waals surface area contributed by atoms with Crippen LogP contribution in [0, 0.1) is 0 Å². The van der Waals surface area contributed by atoms with E-state index >= 15 is 0 Å². The SMILES string of the molecule is COc1ccc(CC(C(=O)O)c2ccccc2)cc1OCCCN(C)C. The third kappa shape index (κ3) is 5.77.